The Balaban J connectivity index is 2.17. The molecule has 26 heavy (non-hydrogen) atoms. The largest absolute Gasteiger partial charge is 0.298 e. The second-order valence-corrected chi connectivity index (χ2v) is 7.63. The van der Waals surface area contributed by atoms with E-state index in [-0.39, 0.29) is 5.56 Å². The van der Waals surface area contributed by atoms with Crippen LogP contribution in [0.15, 0.2) is 67.6 Å². The summed E-state index contributed by atoms with van der Waals surface area (Å²) in [6, 6.07) is 10.6. The fraction of sp³-hybridized carbons (Fsp3) is 0.105. The third kappa shape index (κ3) is 3.21. The van der Waals surface area contributed by atoms with E-state index in [1.807, 2.05) is 6.07 Å². The fourth-order valence-corrected chi connectivity index (χ4v) is 4.31. The van der Waals surface area contributed by atoms with Gasteiger partial charge < -0.3 is 0 Å². The molecule has 0 bridgehead atoms. The van der Waals surface area contributed by atoms with Crippen LogP contribution in [0.5, 0.6) is 0 Å². The van der Waals surface area contributed by atoms with E-state index in [1.54, 1.807) is 37.3 Å². The maximum Gasteiger partial charge on any atom is 0.249 e. The molecule has 1 unspecified atom stereocenters. The number of aromatic nitrogens is 3. The molecule has 0 fully saturated rings. The van der Waals surface area contributed by atoms with Gasteiger partial charge in [-0.2, -0.15) is 0 Å². The number of carbonyl (C=O) groups excluding carboxylic acids is 1. The topological polar surface area (TPSA) is 81.9 Å². The van der Waals surface area contributed by atoms with Crippen molar-refractivity contribution in [3.05, 3.63) is 84.6 Å². The highest BCUT2D eigenvalue weighted by atomic mass is 32.2. The van der Waals surface area contributed by atoms with Crippen molar-refractivity contribution in [3.63, 3.8) is 0 Å². The molecule has 0 spiro atoms. The van der Waals surface area contributed by atoms with Crippen LogP contribution in [0.2, 0.25) is 0 Å². The van der Waals surface area contributed by atoms with Crippen LogP contribution in [0.1, 0.15) is 27.0 Å². The Labute approximate surface area is 151 Å². The third-order valence-corrected chi connectivity index (χ3v) is 5.91. The molecule has 0 saturated carbocycles. The number of nitrogens with zero attached hydrogens (tertiary/aromatic N) is 3. The Morgan fingerprint density at radius 3 is 2.38 bits per heavy atom. The third-order valence-electron chi connectivity index (χ3n) is 3.95. The summed E-state index contributed by atoms with van der Waals surface area (Å²) in [5.74, 6) is 0.545. The van der Waals surface area contributed by atoms with Crippen LogP contribution in [0.4, 0.5) is 0 Å². The number of aryl methyl sites for hydroxylation is 1. The number of hydrogen-bond donors (Lipinski definition) is 0. The highest BCUT2D eigenvalue weighted by molar-refractivity contribution is 7.90. The van der Waals surface area contributed by atoms with E-state index < -0.39 is 15.3 Å². The van der Waals surface area contributed by atoms with Crippen LogP contribution >= 0.6 is 0 Å². The van der Waals surface area contributed by atoms with Crippen LogP contribution in [0, 0.1) is 6.92 Å². The summed E-state index contributed by atoms with van der Waals surface area (Å²) in [4.78, 5) is 19.4. The minimum Gasteiger partial charge on any atom is -0.298 e. The molecule has 3 rings (SSSR count). The standard InChI is InChI=1S/C19H17N3O3S/c1-3-19(17-10-20-14(2)21-11-17)26(24,25)22-12-15(13-23)9-18(22)16-7-5-4-6-8-16/h3-13,19H,1H2,2H3. The number of carbonyl (C=O) groups is 1. The first-order valence-corrected chi connectivity index (χ1v) is 9.36. The van der Waals surface area contributed by atoms with Gasteiger partial charge in [0.15, 0.2) is 6.29 Å². The van der Waals surface area contributed by atoms with Gasteiger partial charge in [0.05, 0.1) is 5.69 Å². The van der Waals surface area contributed by atoms with Gasteiger partial charge in [-0.3, -0.25) is 4.79 Å². The van der Waals surface area contributed by atoms with Gasteiger partial charge in [0.2, 0.25) is 10.0 Å². The lowest BCUT2D eigenvalue weighted by Crippen LogP contribution is -2.20. The first kappa shape index (κ1) is 17.8. The fourth-order valence-electron chi connectivity index (χ4n) is 2.66. The highest BCUT2D eigenvalue weighted by Crippen LogP contribution is 2.30. The molecule has 6 nitrogen and oxygen atoms in total. The van der Waals surface area contributed by atoms with Crippen LogP contribution < -0.4 is 0 Å². The van der Waals surface area contributed by atoms with Gasteiger partial charge in [-0.25, -0.2) is 22.4 Å². The van der Waals surface area contributed by atoms with Gasteiger partial charge in [0.1, 0.15) is 11.1 Å². The highest BCUT2D eigenvalue weighted by Gasteiger charge is 2.29. The van der Waals surface area contributed by atoms with Crippen molar-refractivity contribution in [1.29, 1.82) is 0 Å². The van der Waals surface area contributed by atoms with Crippen molar-refractivity contribution in [2.45, 2.75) is 12.2 Å². The van der Waals surface area contributed by atoms with Crippen LogP contribution in [0.3, 0.4) is 0 Å². The van der Waals surface area contributed by atoms with Crippen LogP contribution in [-0.4, -0.2) is 28.6 Å². The summed E-state index contributed by atoms with van der Waals surface area (Å²) in [6.07, 6.45) is 6.21. The quantitative estimate of drug-likeness (QED) is 0.494. The Bertz CT molecular complexity index is 1040. The minimum absolute atomic E-state index is 0.274. The van der Waals surface area contributed by atoms with Gasteiger partial charge in [-0.05, 0) is 18.6 Å². The van der Waals surface area contributed by atoms with Crippen molar-refractivity contribution < 1.29 is 13.2 Å². The number of rotatable bonds is 6. The molecule has 1 aromatic carbocycles. The summed E-state index contributed by atoms with van der Waals surface area (Å²) in [6.45, 7) is 5.38. The lowest BCUT2D eigenvalue weighted by Gasteiger charge is -2.17. The van der Waals surface area contributed by atoms with Crippen molar-refractivity contribution in [2.75, 3.05) is 0 Å². The summed E-state index contributed by atoms with van der Waals surface area (Å²) in [7, 11) is -3.93. The van der Waals surface area contributed by atoms with Gasteiger partial charge in [0.25, 0.3) is 0 Å². The normalized spacial score (nSPS) is 12.5. The molecule has 3 aromatic rings. The van der Waals surface area contributed by atoms with Gasteiger partial charge in [0, 0.05) is 29.7 Å². The summed E-state index contributed by atoms with van der Waals surface area (Å²) in [5.41, 5.74) is 1.78. The Morgan fingerprint density at radius 2 is 1.81 bits per heavy atom. The molecule has 0 amide bonds. The second-order valence-electron chi connectivity index (χ2n) is 5.70. The zero-order valence-electron chi connectivity index (χ0n) is 14.1. The number of benzene rings is 1. The summed E-state index contributed by atoms with van der Waals surface area (Å²) in [5, 5.41) is -1.04. The van der Waals surface area contributed by atoms with E-state index in [1.165, 1.54) is 24.7 Å². The van der Waals surface area contributed by atoms with Crippen molar-refractivity contribution >= 4 is 16.3 Å². The van der Waals surface area contributed by atoms with E-state index in [9.17, 15) is 13.2 Å². The van der Waals surface area contributed by atoms with Crippen molar-refractivity contribution in [3.8, 4) is 11.3 Å². The molecule has 0 radical (unpaired) electrons. The van der Waals surface area contributed by atoms with E-state index in [2.05, 4.69) is 16.5 Å². The van der Waals surface area contributed by atoms with Gasteiger partial charge in [-0.1, -0.05) is 36.4 Å². The zero-order chi connectivity index (χ0) is 18.7. The van der Waals surface area contributed by atoms with E-state index in [4.69, 9.17) is 0 Å². The second kappa shape index (κ2) is 7.05. The monoisotopic (exact) mass is 367 g/mol. The predicted octanol–water partition coefficient (Wildman–Crippen LogP) is 3.17. The first-order chi connectivity index (χ1) is 12.5. The Morgan fingerprint density at radius 1 is 1.15 bits per heavy atom. The maximum absolute atomic E-state index is 13.3. The van der Waals surface area contributed by atoms with Crippen LogP contribution in [0.25, 0.3) is 11.3 Å². The maximum atomic E-state index is 13.3. The minimum atomic E-state index is -3.93. The number of aldehydes is 1. The summed E-state index contributed by atoms with van der Waals surface area (Å²) >= 11 is 0. The molecule has 0 saturated heterocycles. The molecule has 0 aliphatic rings. The van der Waals surface area contributed by atoms with Gasteiger partial charge >= 0.3 is 0 Å². The van der Waals surface area contributed by atoms with Crippen LogP contribution in [-0.2, 0) is 10.0 Å². The lowest BCUT2D eigenvalue weighted by molar-refractivity contribution is 0.112. The molecular weight excluding hydrogens is 350 g/mol. The number of hydrogen-bond acceptors (Lipinski definition) is 5. The van der Waals surface area contributed by atoms with E-state index >= 15 is 0 Å². The van der Waals surface area contributed by atoms with E-state index in [0.29, 0.717) is 28.9 Å². The molecule has 1 atom stereocenters. The SMILES string of the molecule is C=CC(c1cnc(C)nc1)S(=O)(=O)n1cc(C=O)cc1-c1ccccc1. The van der Waals surface area contributed by atoms with Crippen molar-refractivity contribution in [2.24, 2.45) is 0 Å². The average molecular weight is 367 g/mol. The molecular formula is C19H17N3O3S. The molecule has 0 N–H and O–H groups in total. The molecule has 0 aliphatic heterocycles. The smallest absolute Gasteiger partial charge is 0.249 e. The predicted molar refractivity (Wildman–Crippen MR) is 99.3 cm³/mol. The lowest BCUT2D eigenvalue weighted by atomic mass is 10.1. The zero-order valence-corrected chi connectivity index (χ0v) is 14.9. The molecule has 0 aliphatic carbocycles. The molecule has 132 valence electrons. The Kier molecular flexibility index (Phi) is 4.81. The van der Waals surface area contributed by atoms with E-state index in [0.717, 1.165) is 3.97 Å². The molecule has 7 heteroatoms. The average Bonchev–Trinajstić information content (AvgIpc) is 3.10. The summed E-state index contributed by atoms with van der Waals surface area (Å²) < 4.78 is 27.7. The first-order valence-electron chi connectivity index (χ1n) is 7.86. The molecule has 2 heterocycles. The Hall–Kier alpha value is -3.06. The molecule has 2 aromatic heterocycles. The van der Waals surface area contributed by atoms with Gasteiger partial charge in [-0.15, -0.1) is 6.58 Å². The van der Waals surface area contributed by atoms with Crippen molar-refractivity contribution in [1.82, 2.24) is 13.9 Å².